The Morgan fingerprint density at radius 2 is 1.97 bits per heavy atom. The van der Waals surface area contributed by atoms with Crippen LogP contribution in [0.3, 0.4) is 0 Å². The topological polar surface area (TPSA) is 99.4 Å². The van der Waals surface area contributed by atoms with E-state index in [-0.39, 0.29) is 18.4 Å². The molecule has 0 saturated carbocycles. The quantitative estimate of drug-likeness (QED) is 0.420. The average molecular weight is 442 g/mol. The van der Waals surface area contributed by atoms with E-state index in [1.54, 1.807) is 4.90 Å². The predicted molar refractivity (Wildman–Crippen MR) is 122 cm³/mol. The lowest BCUT2D eigenvalue weighted by Crippen LogP contribution is -2.45. The molecule has 0 aliphatic carbocycles. The van der Waals surface area contributed by atoms with Crippen molar-refractivity contribution in [2.24, 2.45) is 4.99 Å². The Labute approximate surface area is 187 Å². The van der Waals surface area contributed by atoms with Crippen molar-refractivity contribution in [1.29, 1.82) is 0 Å². The molecule has 0 bridgehead atoms. The molecule has 4 rings (SSSR count). The van der Waals surface area contributed by atoms with Crippen LogP contribution in [-0.4, -0.2) is 66.9 Å². The number of hydrogen-bond acceptors (Lipinski definition) is 5. The first-order valence-corrected chi connectivity index (χ1v) is 11.2. The number of rotatable bonds is 5. The van der Waals surface area contributed by atoms with E-state index < -0.39 is 6.04 Å². The van der Waals surface area contributed by atoms with E-state index in [9.17, 15) is 9.59 Å². The summed E-state index contributed by atoms with van der Waals surface area (Å²) in [5, 5.41) is 4.17. The van der Waals surface area contributed by atoms with Crippen molar-refractivity contribution in [2.45, 2.75) is 45.1 Å². The summed E-state index contributed by atoms with van der Waals surface area (Å²) in [6.45, 7) is 4.19. The minimum Gasteiger partial charge on any atom is -0.461 e. The molecule has 2 fully saturated rings. The first-order chi connectivity index (χ1) is 15.5. The molecule has 32 heavy (non-hydrogen) atoms. The monoisotopic (exact) mass is 441 g/mol. The number of carbonyl (C=O) groups is 2. The summed E-state index contributed by atoms with van der Waals surface area (Å²) in [6.07, 6.45) is 4.43. The van der Waals surface area contributed by atoms with Crippen molar-refractivity contribution in [3.05, 3.63) is 30.0 Å². The lowest BCUT2D eigenvalue weighted by atomic mass is 10.1. The molecular weight excluding hydrogens is 410 g/mol. The van der Waals surface area contributed by atoms with E-state index in [1.807, 2.05) is 36.1 Å². The third-order valence-electron chi connectivity index (χ3n) is 5.92. The molecule has 1 aromatic heterocycles. The van der Waals surface area contributed by atoms with Gasteiger partial charge in [0, 0.05) is 30.7 Å². The summed E-state index contributed by atoms with van der Waals surface area (Å²) in [4.78, 5) is 39.0. The van der Waals surface area contributed by atoms with E-state index in [0.29, 0.717) is 18.9 Å². The summed E-state index contributed by atoms with van der Waals surface area (Å²) < 4.78 is 5.63. The number of furan rings is 1. The molecule has 1 atom stereocenters. The number of aliphatic imine (C=N–C) groups is 1. The molecule has 0 radical (unpaired) electrons. The van der Waals surface area contributed by atoms with E-state index in [1.165, 1.54) is 7.11 Å². The largest absolute Gasteiger partial charge is 0.461 e. The van der Waals surface area contributed by atoms with E-state index in [4.69, 9.17) is 9.25 Å². The Kier molecular flexibility index (Phi) is 6.94. The highest BCUT2D eigenvalue weighted by molar-refractivity contribution is 5.97. The normalized spacial score (nSPS) is 20.0. The van der Waals surface area contributed by atoms with Crippen LogP contribution in [0.1, 0.15) is 37.9 Å². The lowest BCUT2D eigenvalue weighted by Gasteiger charge is -2.25. The van der Waals surface area contributed by atoms with Gasteiger partial charge in [-0.3, -0.25) is 14.4 Å². The van der Waals surface area contributed by atoms with Gasteiger partial charge in [0.05, 0.1) is 13.7 Å². The Bertz CT molecular complexity index is 995. The molecule has 9 heteroatoms. The number of hydrogen-bond donors (Lipinski definition) is 2. The molecule has 1 unspecified atom stereocenters. The third kappa shape index (κ3) is 5.21. The van der Waals surface area contributed by atoms with E-state index in [2.05, 4.69) is 15.8 Å². The van der Waals surface area contributed by atoms with Gasteiger partial charge in [0.25, 0.3) is 0 Å². The summed E-state index contributed by atoms with van der Waals surface area (Å²) in [5.41, 5.74) is 4.35. The number of carbonyl (C=O) groups excluding carboxylic acids is 2. The summed E-state index contributed by atoms with van der Waals surface area (Å²) in [7, 11) is 1.50. The van der Waals surface area contributed by atoms with Crippen LogP contribution in [0.5, 0.6) is 0 Å². The number of anilines is 1. The molecule has 2 amide bonds. The Balaban J connectivity index is 1.48. The molecular formula is C23H31N5O4. The zero-order valence-electron chi connectivity index (χ0n) is 18.7. The fraction of sp³-hybridized carbons (Fsp3) is 0.522. The van der Waals surface area contributed by atoms with Crippen LogP contribution in [0.25, 0.3) is 11.0 Å². The first-order valence-electron chi connectivity index (χ1n) is 11.2. The number of hydroxylamine groups is 1. The fourth-order valence-electron chi connectivity index (χ4n) is 4.32. The van der Waals surface area contributed by atoms with Gasteiger partial charge in [-0.15, -0.1) is 0 Å². The third-order valence-corrected chi connectivity index (χ3v) is 5.92. The average Bonchev–Trinajstić information content (AvgIpc) is 3.39. The first kappa shape index (κ1) is 22.1. The van der Waals surface area contributed by atoms with Crippen molar-refractivity contribution in [3.8, 4) is 0 Å². The number of likely N-dealkylation sites (tertiary alicyclic amines) is 2. The number of amides is 2. The Morgan fingerprint density at radius 1 is 1.19 bits per heavy atom. The van der Waals surface area contributed by atoms with Gasteiger partial charge in [-0.25, -0.2) is 10.5 Å². The van der Waals surface area contributed by atoms with Crippen molar-refractivity contribution in [1.82, 2.24) is 15.3 Å². The van der Waals surface area contributed by atoms with Gasteiger partial charge in [-0.05, 0) is 63.3 Å². The molecule has 0 spiro atoms. The Morgan fingerprint density at radius 3 is 2.75 bits per heavy atom. The highest BCUT2D eigenvalue weighted by atomic mass is 16.6. The number of benzene rings is 1. The van der Waals surface area contributed by atoms with Gasteiger partial charge in [-0.2, -0.15) is 0 Å². The molecule has 3 heterocycles. The molecule has 1 aromatic carbocycles. The second kappa shape index (κ2) is 10.0. The molecule has 2 N–H and O–H groups in total. The van der Waals surface area contributed by atoms with Gasteiger partial charge >= 0.3 is 0 Å². The number of fused-ring (bicyclic) bond motifs is 1. The summed E-state index contributed by atoms with van der Waals surface area (Å²) >= 11 is 0. The van der Waals surface area contributed by atoms with E-state index >= 15 is 0 Å². The van der Waals surface area contributed by atoms with Gasteiger partial charge in [-0.1, -0.05) is 0 Å². The smallest absolute Gasteiger partial charge is 0.247 e. The van der Waals surface area contributed by atoms with E-state index in [0.717, 1.165) is 61.2 Å². The van der Waals surface area contributed by atoms with Gasteiger partial charge in [0.15, 0.2) is 0 Å². The molecule has 9 nitrogen and oxygen atoms in total. The molecule has 2 aliphatic heterocycles. The predicted octanol–water partition coefficient (Wildman–Crippen LogP) is 2.66. The van der Waals surface area contributed by atoms with Crippen molar-refractivity contribution in [3.63, 3.8) is 0 Å². The van der Waals surface area contributed by atoms with Crippen molar-refractivity contribution < 1.29 is 18.8 Å². The maximum Gasteiger partial charge on any atom is 0.247 e. The maximum absolute atomic E-state index is 13.2. The van der Waals surface area contributed by atoms with Crippen molar-refractivity contribution in [2.75, 3.05) is 38.6 Å². The second-order valence-electron chi connectivity index (χ2n) is 8.38. The van der Waals surface area contributed by atoms with Crippen LogP contribution in [-0.2, 0) is 14.4 Å². The number of aryl methyl sites for hydroxylation is 1. The highest BCUT2D eigenvalue weighted by Crippen LogP contribution is 2.23. The standard InChI is InChI=1S/C23H31N5O4/c1-16-13-17-14-18(8-9-20(17)32-16)24-23(26-31-2)25-19-7-3-4-12-28(22(19)30)15-21(29)27-10-5-6-11-27/h8-9,13-14,19H,3-7,10-12,15H2,1-2H3,(H2,24,25,26). The number of nitrogens with zero attached hydrogens (tertiary/aromatic N) is 3. The number of guanidine groups is 1. The maximum atomic E-state index is 13.2. The SMILES string of the molecule is CONC(=NC1CCCCN(CC(=O)N2CCCC2)C1=O)Nc1ccc2oc(C)cc2c1. The second-order valence-corrected chi connectivity index (χ2v) is 8.38. The fourth-order valence-corrected chi connectivity index (χ4v) is 4.32. The molecule has 2 aliphatic rings. The molecule has 172 valence electrons. The van der Waals surface area contributed by atoms with Crippen LogP contribution >= 0.6 is 0 Å². The highest BCUT2D eigenvalue weighted by Gasteiger charge is 2.30. The van der Waals surface area contributed by atoms with Gasteiger partial charge < -0.3 is 19.5 Å². The molecule has 2 aromatic rings. The van der Waals surface area contributed by atoms with Crippen LogP contribution in [0.15, 0.2) is 33.7 Å². The van der Waals surface area contributed by atoms with Crippen LogP contribution in [0.4, 0.5) is 5.69 Å². The van der Waals surface area contributed by atoms with Gasteiger partial charge in [0.1, 0.15) is 17.4 Å². The zero-order chi connectivity index (χ0) is 22.5. The van der Waals surface area contributed by atoms with Crippen molar-refractivity contribution >= 4 is 34.4 Å². The molecule has 2 saturated heterocycles. The van der Waals surface area contributed by atoms with Crippen LogP contribution < -0.4 is 10.8 Å². The zero-order valence-corrected chi connectivity index (χ0v) is 18.7. The number of nitrogens with one attached hydrogen (secondary N) is 2. The minimum atomic E-state index is -0.575. The summed E-state index contributed by atoms with van der Waals surface area (Å²) in [5.74, 6) is 1.09. The summed E-state index contributed by atoms with van der Waals surface area (Å²) in [6, 6.07) is 7.11. The van der Waals surface area contributed by atoms with Gasteiger partial charge in [0.2, 0.25) is 17.8 Å². The van der Waals surface area contributed by atoms with Crippen LogP contribution in [0.2, 0.25) is 0 Å². The van der Waals surface area contributed by atoms with Crippen LogP contribution in [0, 0.1) is 6.92 Å². The Hall–Kier alpha value is -3.07. The lowest BCUT2D eigenvalue weighted by molar-refractivity contribution is -0.140. The minimum absolute atomic E-state index is 0.0255.